The van der Waals surface area contributed by atoms with Crippen LogP contribution in [-0.2, 0) is 20.7 Å². The minimum absolute atomic E-state index is 0.0243. The first-order chi connectivity index (χ1) is 13.0. The number of carbonyl (C=O) groups is 2. The zero-order chi connectivity index (χ0) is 19.4. The fraction of sp³-hybridized carbons (Fsp3) is 0.429. The van der Waals surface area contributed by atoms with Crippen molar-refractivity contribution in [3.05, 3.63) is 57.3 Å². The van der Waals surface area contributed by atoms with Gasteiger partial charge < -0.3 is 14.5 Å². The average molecular weight is 387 g/mol. The van der Waals surface area contributed by atoms with E-state index in [0.717, 1.165) is 12.0 Å². The van der Waals surface area contributed by atoms with Gasteiger partial charge in [-0.2, -0.15) is 0 Å². The monoisotopic (exact) mass is 386 g/mol. The molecule has 0 radical (unpaired) electrons. The summed E-state index contributed by atoms with van der Waals surface area (Å²) in [5.74, 6) is -0.135. The Labute approximate surface area is 164 Å². The Balaban J connectivity index is 1.87. The van der Waals surface area contributed by atoms with Gasteiger partial charge in [-0.15, -0.1) is 11.3 Å². The van der Waals surface area contributed by atoms with Crippen LogP contribution in [0.2, 0.25) is 0 Å². The molecule has 1 aromatic carbocycles. The van der Waals surface area contributed by atoms with Crippen LogP contribution < -0.4 is 0 Å². The van der Waals surface area contributed by atoms with Crippen LogP contribution in [0.4, 0.5) is 0 Å². The van der Waals surface area contributed by atoms with Crippen molar-refractivity contribution in [2.45, 2.75) is 26.3 Å². The van der Waals surface area contributed by atoms with Crippen LogP contribution in [0.25, 0.3) is 0 Å². The predicted octanol–water partition coefficient (Wildman–Crippen LogP) is 3.03. The number of hydrogen-bond acceptors (Lipinski definition) is 4. The molecule has 3 rings (SSSR count). The molecule has 0 saturated heterocycles. The Morgan fingerprint density at radius 1 is 1.26 bits per heavy atom. The van der Waals surface area contributed by atoms with Crippen molar-refractivity contribution in [1.29, 1.82) is 0 Å². The maximum Gasteiger partial charge on any atom is 0.242 e. The highest BCUT2D eigenvalue weighted by Gasteiger charge is 2.33. The van der Waals surface area contributed by atoms with Gasteiger partial charge in [-0.05, 0) is 35.9 Å². The fourth-order valence-corrected chi connectivity index (χ4v) is 4.40. The molecule has 0 spiro atoms. The van der Waals surface area contributed by atoms with Crippen LogP contribution in [0.5, 0.6) is 0 Å². The topological polar surface area (TPSA) is 49.9 Å². The number of aryl methyl sites for hydroxylation is 1. The van der Waals surface area contributed by atoms with E-state index in [1.54, 1.807) is 23.3 Å². The largest absolute Gasteiger partial charge is 0.383 e. The van der Waals surface area contributed by atoms with Crippen molar-refractivity contribution < 1.29 is 14.3 Å². The van der Waals surface area contributed by atoms with Crippen molar-refractivity contribution >= 4 is 23.2 Å². The number of amides is 2. The maximum atomic E-state index is 13.2. The molecule has 1 atom stereocenters. The molecule has 0 bridgehead atoms. The quantitative estimate of drug-likeness (QED) is 0.767. The van der Waals surface area contributed by atoms with E-state index in [1.165, 1.54) is 22.9 Å². The number of hydrogen-bond donors (Lipinski definition) is 0. The summed E-state index contributed by atoms with van der Waals surface area (Å²) in [6, 6.07) is 10.4. The zero-order valence-electron chi connectivity index (χ0n) is 16.1. The molecule has 1 aromatic heterocycles. The molecule has 0 N–H and O–H groups in total. The zero-order valence-corrected chi connectivity index (χ0v) is 16.9. The van der Waals surface area contributed by atoms with E-state index in [2.05, 4.69) is 42.6 Å². The van der Waals surface area contributed by atoms with E-state index in [0.29, 0.717) is 19.7 Å². The number of rotatable bonds is 6. The van der Waals surface area contributed by atoms with Crippen LogP contribution in [0, 0.1) is 6.92 Å². The van der Waals surface area contributed by atoms with Crippen molar-refractivity contribution in [2.75, 3.05) is 33.4 Å². The van der Waals surface area contributed by atoms with Crippen molar-refractivity contribution in [3.8, 4) is 0 Å². The van der Waals surface area contributed by atoms with E-state index in [1.807, 2.05) is 4.90 Å². The highest BCUT2D eigenvalue weighted by Crippen LogP contribution is 2.37. The van der Waals surface area contributed by atoms with Gasteiger partial charge in [0.1, 0.15) is 0 Å². The summed E-state index contributed by atoms with van der Waals surface area (Å²) in [6.07, 6.45) is 0.860. The van der Waals surface area contributed by atoms with Crippen molar-refractivity contribution in [3.63, 3.8) is 0 Å². The van der Waals surface area contributed by atoms with Gasteiger partial charge in [0.15, 0.2) is 0 Å². The van der Waals surface area contributed by atoms with Gasteiger partial charge in [-0.3, -0.25) is 9.59 Å². The van der Waals surface area contributed by atoms with Crippen LogP contribution in [0.1, 0.15) is 34.5 Å². The summed E-state index contributed by atoms with van der Waals surface area (Å²) in [6.45, 7) is 5.15. The molecule has 0 aliphatic carbocycles. The minimum atomic E-state index is -0.111. The third-order valence-corrected chi connectivity index (χ3v) is 6.01. The Morgan fingerprint density at radius 2 is 2.00 bits per heavy atom. The standard InChI is InChI=1S/C21H26N2O3S/c1-15-4-6-17(7-5-15)21-18-9-13-27-19(18)8-10-23(21)20(25)14-22(16(2)24)11-12-26-3/h4-7,9,13,21H,8,10-12,14H2,1-3H3/t21-/m0/s1. The first kappa shape index (κ1) is 19.6. The third kappa shape index (κ3) is 4.39. The second-order valence-electron chi connectivity index (χ2n) is 6.88. The van der Waals surface area contributed by atoms with Crippen molar-refractivity contribution in [1.82, 2.24) is 9.80 Å². The molecule has 2 aromatic rings. The van der Waals surface area contributed by atoms with E-state index in [-0.39, 0.29) is 24.4 Å². The van der Waals surface area contributed by atoms with Crippen LogP contribution >= 0.6 is 11.3 Å². The lowest BCUT2D eigenvalue weighted by molar-refractivity contribution is -0.141. The highest BCUT2D eigenvalue weighted by molar-refractivity contribution is 7.10. The van der Waals surface area contributed by atoms with Gasteiger partial charge in [0, 0.05) is 32.0 Å². The van der Waals surface area contributed by atoms with Gasteiger partial charge in [-0.25, -0.2) is 0 Å². The van der Waals surface area contributed by atoms with Gasteiger partial charge in [-0.1, -0.05) is 29.8 Å². The molecule has 144 valence electrons. The van der Waals surface area contributed by atoms with Crippen LogP contribution in [-0.4, -0.2) is 55.0 Å². The maximum absolute atomic E-state index is 13.2. The number of methoxy groups -OCH3 is 1. The van der Waals surface area contributed by atoms with Crippen LogP contribution in [0.3, 0.4) is 0 Å². The van der Waals surface area contributed by atoms with Gasteiger partial charge in [0.2, 0.25) is 11.8 Å². The minimum Gasteiger partial charge on any atom is -0.383 e. The first-order valence-corrected chi connectivity index (χ1v) is 10.1. The molecule has 0 unspecified atom stereocenters. The summed E-state index contributed by atoms with van der Waals surface area (Å²) in [7, 11) is 1.59. The lowest BCUT2D eigenvalue weighted by Crippen LogP contribution is -2.47. The molecule has 2 amide bonds. The Hall–Kier alpha value is -2.18. The number of thiophene rings is 1. The number of carbonyl (C=O) groups excluding carboxylic acids is 2. The van der Waals surface area contributed by atoms with Gasteiger partial charge in [0.25, 0.3) is 0 Å². The first-order valence-electron chi connectivity index (χ1n) is 9.18. The van der Waals surface area contributed by atoms with Gasteiger partial charge >= 0.3 is 0 Å². The molecule has 1 aliphatic rings. The van der Waals surface area contributed by atoms with Crippen molar-refractivity contribution in [2.24, 2.45) is 0 Å². The third-order valence-electron chi connectivity index (χ3n) is 5.02. The Kier molecular flexibility index (Phi) is 6.29. The second kappa shape index (κ2) is 8.67. The van der Waals surface area contributed by atoms with E-state index >= 15 is 0 Å². The molecule has 2 heterocycles. The Bertz CT molecular complexity index is 800. The molecular formula is C21H26N2O3S. The summed E-state index contributed by atoms with van der Waals surface area (Å²) < 4.78 is 5.07. The lowest BCUT2D eigenvalue weighted by Gasteiger charge is -2.37. The van der Waals surface area contributed by atoms with E-state index in [4.69, 9.17) is 4.74 Å². The van der Waals surface area contributed by atoms with Crippen LogP contribution in [0.15, 0.2) is 35.7 Å². The summed E-state index contributed by atoms with van der Waals surface area (Å²) >= 11 is 1.75. The lowest BCUT2D eigenvalue weighted by atomic mass is 9.92. The summed E-state index contributed by atoms with van der Waals surface area (Å²) in [4.78, 5) is 29.9. The molecule has 27 heavy (non-hydrogen) atoms. The van der Waals surface area contributed by atoms with E-state index in [9.17, 15) is 9.59 Å². The Morgan fingerprint density at radius 3 is 2.67 bits per heavy atom. The molecule has 0 fully saturated rings. The number of ether oxygens (including phenoxy) is 1. The summed E-state index contributed by atoms with van der Waals surface area (Å²) in [5.41, 5.74) is 3.51. The molecule has 5 nitrogen and oxygen atoms in total. The van der Waals surface area contributed by atoms with Gasteiger partial charge in [0.05, 0.1) is 19.2 Å². The molecular weight excluding hydrogens is 360 g/mol. The number of nitrogens with zero attached hydrogens (tertiary/aromatic N) is 2. The highest BCUT2D eigenvalue weighted by atomic mass is 32.1. The molecule has 0 saturated carbocycles. The molecule has 1 aliphatic heterocycles. The normalized spacial score (nSPS) is 16.1. The summed E-state index contributed by atoms with van der Waals surface area (Å²) in [5, 5.41) is 2.10. The predicted molar refractivity (Wildman–Crippen MR) is 107 cm³/mol. The molecule has 6 heteroatoms. The smallest absolute Gasteiger partial charge is 0.242 e. The fourth-order valence-electron chi connectivity index (χ4n) is 3.50. The number of benzene rings is 1. The number of fused-ring (bicyclic) bond motifs is 1. The average Bonchev–Trinajstić information content (AvgIpc) is 3.13. The SMILES string of the molecule is COCCN(CC(=O)N1CCc2sccc2[C@@H]1c1ccc(C)cc1)C(C)=O. The van der Waals surface area contributed by atoms with E-state index < -0.39 is 0 Å². The second-order valence-corrected chi connectivity index (χ2v) is 7.88.